The van der Waals surface area contributed by atoms with Gasteiger partial charge >= 0.3 is 45.6 Å². The zero-order valence-corrected chi connectivity index (χ0v) is 49.6. The molecule has 0 bridgehead atoms. The van der Waals surface area contributed by atoms with Crippen LogP contribution in [-0.2, 0) is 81.7 Å². The largest absolute Gasteiger partial charge is 0.345 e. The number of rotatable bonds is 48. The number of nitrogens with zero attached hydrogens (tertiary/aromatic N) is 4. The monoisotopic (exact) mass is 1120 g/mol. The highest BCUT2D eigenvalue weighted by Crippen LogP contribution is 2.73. The van der Waals surface area contributed by atoms with Crippen molar-refractivity contribution in [2.45, 2.75) is 138 Å². The SMILES string of the molecule is CCOP(=O)(OCC)C(CCC=NCCN(CCN=CCCC(P(=O)(OCC)OCC)P(=O)(OCC)OCC)CCN=CCCC(P(=O)(OCC)OCC)P(=O)(OCC)OCC)P(=O)(OCC)OCC. The lowest BCUT2D eigenvalue weighted by Crippen LogP contribution is -2.31. The molecule has 22 nitrogen and oxygen atoms in total. The molecule has 0 saturated heterocycles. The van der Waals surface area contributed by atoms with Gasteiger partial charge in [0.05, 0.1) is 98.9 Å². The van der Waals surface area contributed by atoms with Gasteiger partial charge in [0, 0.05) is 19.6 Å². The normalized spacial score (nSPS) is 13.9. The Morgan fingerprint density at radius 3 is 0.614 bits per heavy atom. The predicted molar refractivity (Wildman–Crippen MR) is 281 cm³/mol. The summed E-state index contributed by atoms with van der Waals surface area (Å²) >= 11 is 0. The first-order valence-corrected chi connectivity index (χ1v) is 34.6. The van der Waals surface area contributed by atoms with Gasteiger partial charge in [-0.25, -0.2) is 0 Å². The minimum absolute atomic E-state index is 0.0761. The molecule has 0 aromatic rings. The molecule has 28 heteroatoms. The van der Waals surface area contributed by atoms with Crippen LogP contribution in [0.5, 0.6) is 0 Å². The second-order valence-corrected chi connectivity index (χ2v) is 29.1. The molecule has 0 saturated carbocycles. The Balaban J connectivity index is 6.42. The van der Waals surface area contributed by atoms with Crippen LogP contribution >= 0.6 is 45.6 Å². The maximum atomic E-state index is 14.0. The molecule has 0 fully saturated rings. The minimum atomic E-state index is -3.91. The Morgan fingerprint density at radius 2 is 0.471 bits per heavy atom. The van der Waals surface area contributed by atoms with E-state index in [9.17, 15) is 27.4 Å². The number of hydrogen-bond donors (Lipinski definition) is 0. The molecule has 416 valence electrons. The van der Waals surface area contributed by atoms with Crippen molar-refractivity contribution in [2.24, 2.45) is 15.0 Å². The van der Waals surface area contributed by atoms with Gasteiger partial charge in [0.2, 0.25) is 0 Å². The maximum absolute atomic E-state index is 14.0. The third kappa shape index (κ3) is 24.7. The van der Waals surface area contributed by atoms with E-state index in [2.05, 4.69) is 19.9 Å². The quantitative estimate of drug-likeness (QED) is 0.0405. The van der Waals surface area contributed by atoms with Crippen molar-refractivity contribution in [2.75, 3.05) is 119 Å². The van der Waals surface area contributed by atoms with Gasteiger partial charge in [-0.3, -0.25) is 47.3 Å². The van der Waals surface area contributed by atoms with E-state index in [0.29, 0.717) is 39.3 Å². The van der Waals surface area contributed by atoms with Crippen LogP contribution in [0.3, 0.4) is 0 Å². The summed E-state index contributed by atoms with van der Waals surface area (Å²) in [6, 6.07) is 0. The van der Waals surface area contributed by atoms with Crippen molar-refractivity contribution in [3.63, 3.8) is 0 Å². The van der Waals surface area contributed by atoms with Crippen LogP contribution in [-0.4, -0.2) is 158 Å². The first-order valence-electron chi connectivity index (χ1n) is 24.9. The van der Waals surface area contributed by atoms with Crippen molar-refractivity contribution in [3.05, 3.63) is 0 Å². The van der Waals surface area contributed by atoms with Crippen LogP contribution in [0.4, 0.5) is 0 Å². The zero-order chi connectivity index (χ0) is 53.0. The minimum Gasteiger partial charge on any atom is -0.308 e. The second-order valence-electron chi connectivity index (χ2n) is 14.5. The molecule has 0 radical (unpaired) electrons. The lowest BCUT2D eigenvalue weighted by atomic mass is 10.3. The van der Waals surface area contributed by atoms with Gasteiger partial charge < -0.3 is 54.3 Å². The van der Waals surface area contributed by atoms with Gasteiger partial charge in [-0.15, -0.1) is 0 Å². The molecule has 0 heterocycles. The molecule has 0 aliphatic rings. The molecule has 0 atom stereocenters. The van der Waals surface area contributed by atoms with E-state index < -0.39 is 61.8 Å². The van der Waals surface area contributed by atoms with Crippen LogP contribution in [0, 0.1) is 0 Å². The van der Waals surface area contributed by atoms with Crippen molar-refractivity contribution in [1.29, 1.82) is 0 Å². The van der Waals surface area contributed by atoms with Gasteiger partial charge in [0.1, 0.15) is 0 Å². The molecule has 0 spiro atoms. The Labute approximate surface area is 420 Å². The number of aliphatic imine (C=N–C) groups is 3. The van der Waals surface area contributed by atoms with E-state index in [0.717, 1.165) is 0 Å². The Hall–Kier alpha value is -0.130. The van der Waals surface area contributed by atoms with Crippen molar-refractivity contribution < 1.29 is 81.7 Å². The van der Waals surface area contributed by atoms with E-state index >= 15 is 0 Å². The lowest BCUT2D eigenvalue weighted by Gasteiger charge is -2.31. The van der Waals surface area contributed by atoms with E-state index in [1.165, 1.54) is 0 Å². The smallest absolute Gasteiger partial charge is 0.308 e. The molecule has 0 amide bonds. The van der Waals surface area contributed by atoms with Gasteiger partial charge in [-0.05, 0) is 140 Å². The molecule has 0 aliphatic heterocycles. The maximum Gasteiger partial charge on any atom is 0.345 e. The van der Waals surface area contributed by atoms with Gasteiger partial charge in [-0.1, -0.05) is 0 Å². The highest BCUT2D eigenvalue weighted by atomic mass is 31.3. The van der Waals surface area contributed by atoms with Crippen molar-refractivity contribution in [1.82, 2.24) is 4.90 Å². The number of hydrogen-bond acceptors (Lipinski definition) is 22. The Morgan fingerprint density at radius 1 is 0.314 bits per heavy atom. The highest BCUT2D eigenvalue weighted by molar-refractivity contribution is 7.73. The van der Waals surface area contributed by atoms with Crippen molar-refractivity contribution in [3.8, 4) is 0 Å². The molecule has 0 aromatic carbocycles. The molecule has 0 N–H and O–H groups in total. The van der Waals surface area contributed by atoms with E-state index in [-0.39, 0.29) is 118 Å². The van der Waals surface area contributed by atoms with Crippen LogP contribution in [0.25, 0.3) is 0 Å². The first-order chi connectivity index (χ1) is 33.4. The molecular weight excluding hydrogens is 1030 g/mol. The summed E-state index contributed by atoms with van der Waals surface area (Å²) in [6.07, 6.45) is 6.22. The summed E-state index contributed by atoms with van der Waals surface area (Å²) in [6.45, 7) is 23.7. The van der Waals surface area contributed by atoms with Gasteiger partial charge in [0.15, 0.2) is 16.2 Å². The fraction of sp³-hybridized carbons (Fsp3) is 0.929. The van der Waals surface area contributed by atoms with Crippen LogP contribution in [0.2, 0.25) is 0 Å². The Kier molecular flexibility index (Phi) is 39.2. The third-order valence-corrected chi connectivity index (χ3v) is 28.0. The van der Waals surface area contributed by atoms with Crippen LogP contribution in [0.15, 0.2) is 15.0 Å². The highest BCUT2D eigenvalue weighted by Gasteiger charge is 2.52. The third-order valence-electron chi connectivity index (χ3n) is 9.58. The average Bonchev–Trinajstić information content (AvgIpc) is 3.28. The predicted octanol–water partition coefficient (Wildman–Crippen LogP) is 12.4. The van der Waals surface area contributed by atoms with Crippen molar-refractivity contribution >= 4 is 64.2 Å². The van der Waals surface area contributed by atoms with Gasteiger partial charge in [-0.2, -0.15) is 0 Å². The fourth-order valence-electron chi connectivity index (χ4n) is 7.04. The second kappa shape index (κ2) is 39.3. The molecule has 0 aliphatic carbocycles. The topological polar surface area (TPSA) is 253 Å². The fourth-order valence-corrected chi connectivity index (χ4v) is 23.2. The summed E-state index contributed by atoms with van der Waals surface area (Å²) in [5.41, 5.74) is 0. The zero-order valence-electron chi connectivity index (χ0n) is 44.3. The van der Waals surface area contributed by atoms with Gasteiger partial charge in [0.25, 0.3) is 0 Å². The summed E-state index contributed by atoms with van der Waals surface area (Å²) in [5.74, 6) is 0. The molecule has 0 unspecified atom stereocenters. The van der Waals surface area contributed by atoms with Crippen LogP contribution in [0.1, 0.15) is 122 Å². The molecule has 0 rings (SSSR count). The lowest BCUT2D eigenvalue weighted by molar-refractivity contribution is 0.192. The molecule has 0 aromatic heterocycles. The van der Waals surface area contributed by atoms with E-state index in [1.807, 2.05) is 0 Å². The summed E-state index contributed by atoms with van der Waals surface area (Å²) in [7, 11) is -23.5. The standard InChI is InChI=1S/C42H90N4O18P6/c1-13-53-65(47,54-14-2)40(66(48,55-15-3)56-16-4)28-25-31-43-34-37-46(38-35-44-32-26-29-41(67(49,57-17-5)58-18-6)68(50,59-19-7)60-20-8)39-36-45-33-27-30-42(69(51,61-21-9)62-22-10)70(52,63-23-11)64-24-12/h31-33,40-42H,13-30,34-39H2,1-12H3. The summed E-state index contributed by atoms with van der Waals surface area (Å²) < 4.78 is 151. The Bertz CT molecular complexity index is 1420. The van der Waals surface area contributed by atoms with Crippen LogP contribution < -0.4 is 0 Å². The van der Waals surface area contributed by atoms with E-state index in [1.54, 1.807) is 102 Å². The average molecular weight is 1130 g/mol. The summed E-state index contributed by atoms with van der Waals surface area (Å²) in [4.78, 5) is 15.9. The molecule has 70 heavy (non-hydrogen) atoms. The summed E-state index contributed by atoms with van der Waals surface area (Å²) in [5, 5.41) is -3.47. The van der Waals surface area contributed by atoms with E-state index in [4.69, 9.17) is 54.3 Å². The molecular formula is C42H90N4O18P6. The first kappa shape index (κ1) is 69.9.